The second-order valence-corrected chi connectivity index (χ2v) is 7.72. The summed E-state index contributed by atoms with van der Waals surface area (Å²) in [7, 11) is 3.46. The van der Waals surface area contributed by atoms with Gasteiger partial charge in [-0.25, -0.2) is 0 Å². The van der Waals surface area contributed by atoms with Gasteiger partial charge in [0.25, 0.3) is 5.91 Å². The first-order valence-corrected chi connectivity index (χ1v) is 10.3. The summed E-state index contributed by atoms with van der Waals surface area (Å²) in [6.45, 7) is 1.32. The highest BCUT2D eigenvalue weighted by molar-refractivity contribution is 5.92. The van der Waals surface area contributed by atoms with Gasteiger partial charge < -0.3 is 9.64 Å². The summed E-state index contributed by atoms with van der Waals surface area (Å²) in [5.74, 6) is 1.82. The Hall–Kier alpha value is -3.75. The van der Waals surface area contributed by atoms with Crippen molar-refractivity contribution in [2.24, 2.45) is 7.05 Å². The van der Waals surface area contributed by atoms with E-state index in [9.17, 15) is 4.79 Å². The molecular formula is C22H23N7O2. The standard InChI is InChI=1S/C22H23N7O2/c1-27-12-11-19(25-27)22(30)28-13-9-16(10-14-28)21-24-23-20-8-7-18(26-29(20)21)15-3-5-17(31-2)6-4-15/h3-8,11-12,16H,9-10,13-14H2,1-2H3. The van der Waals surface area contributed by atoms with Crippen LogP contribution in [0.5, 0.6) is 5.75 Å². The number of rotatable bonds is 4. The van der Waals surface area contributed by atoms with E-state index in [4.69, 9.17) is 9.84 Å². The third-order valence-electron chi connectivity index (χ3n) is 5.75. The maximum atomic E-state index is 12.7. The Morgan fingerprint density at radius 1 is 1.00 bits per heavy atom. The molecule has 3 aromatic heterocycles. The van der Waals surface area contributed by atoms with Crippen molar-refractivity contribution in [2.75, 3.05) is 20.2 Å². The highest BCUT2D eigenvalue weighted by Crippen LogP contribution is 2.28. The van der Waals surface area contributed by atoms with E-state index in [-0.39, 0.29) is 11.8 Å². The number of ether oxygens (including phenoxy) is 1. The number of aromatic nitrogens is 6. The van der Waals surface area contributed by atoms with Crippen molar-refractivity contribution in [3.63, 3.8) is 0 Å². The van der Waals surface area contributed by atoms with Crippen molar-refractivity contribution in [2.45, 2.75) is 18.8 Å². The average Bonchev–Trinajstić information content (AvgIpc) is 3.44. The Morgan fingerprint density at radius 3 is 2.45 bits per heavy atom. The molecule has 1 amide bonds. The van der Waals surface area contributed by atoms with Crippen molar-refractivity contribution >= 4 is 11.6 Å². The van der Waals surface area contributed by atoms with Gasteiger partial charge in [0.1, 0.15) is 11.4 Å². The normalized spacial score (nSPS) is 14.8. The lowest BCUT2D eigenvalue weighted by atomic mass is 9.96. The Kier molecular flexibility index (Phi) is 4.85. The number of nitrogens with zero attached hydrogens (tertiary/aromatic N) is 7. The molecule has 0 bridgehead atoms. The molecule has 1 aliphatic rings. The summed E-state index contributed by atoms with van der Waals surface area (Å²) in [5, 5.41) is 17.7. The van der Waals surface area contributed by atoms with Gasteiger partial charge in [-0.3, -0.25) is 9.48 Å². The Balaban J connectivity index is 1.35. The van der Waals surface area contributed by atoms with Gasteiger partial charge in [-0.05, 0) is 55.3 Å². The molecule has 0 spiro atoms. The fourth-order valence-corrected chi connectivity index (χ4v) is 4.01. The number of piperidine rings is 1. The molecule has 0 saturated carbocycles. The fourth-order valence-electron chi connectivity index (χ4n) is 4.01. The van der Waals surface area contributed by atoms with Crippen LogP contribution in [0.25, 0.3) is 16.9 Å². The molecule has 9 nitrogen and oxygen atoms in total. The fraction of sp³-hybridized carbons (Fsp3) is 0.318. The van der Waals surface area contributed by atoms with Crippen LogP contribution in [0.1, 0.15) is 35.1 Å². The maximum absolute atomic E-state index is 12.7. The van der Waals surface area contributed by atoms with Gasteiger partial charge in [0.05, 0.1) is 12.8 Å². The summed E-state index contributed by atoms with van der Waals surface area (Å²) in [6.07, 6.45) is 3.41. The lowest BCUT2D eigenvalue weighted by Crippen LogP contribution is -2.38. The second-order valence-electron chi connectivity index (χ2n) is 7.72. The molecule has 1 saturated heterocycles. The predicted molar refractivity (Wildman–Crippen MR) is 114 cm³/mol. The molecule has 1 aliphatic heterocycles. The van der Waals surface area contributed by atoms with E-state index >= 15 is 0 Å². The van der Waals surface area contributed by atoms with Crippen molar-refractivity contribution in [3.8, 4) is 17.0 Å². The first kappa shape index (κ1) is 19.2. The zero-order valence-corrected chi connectivity index (χ0v) is 17.5. The summed E-state index contributed by atoms with van der Waals surface area (Å²) < 4.78 is 8.72. The highest BCUT2D eigenvalue weighted by Gasteiger charge is 2.28. The van der Waals surface area contributed by atoms with Crippen LogP contribution in [0.15, 0.2) is 48.7 Å². The molecule has 31 heavy (non-hydrogen) atoms. The lowest BCUT2D eigenvalue weighted by Gasteiger charge is -2.30. The number of aryl methyl sites for hydroxylation is 1. The molecule has 4 aromatic rings. The maximum Gasteiger partial charge on any atom is 0.274 e. The molecular weight excluding hydrogens is 394 g/mol. The Bertz CT molecular complexity index is 1220. The molecule has 158 valence electrons. The number of fused-ring (bicyclic) bond motifs is 1. The first-order chi connectivity index (χ1) is 15.1. The zero-order chi connectivity index (χ0) is 21.4. The smallest absolute Gasteiger partial charge is 0.274 e. The minimum absolute atomic E-state index is 0.0231. The summed E-state index contributed by atoms with van der Waals surface area (Å²) in [6, 6.07) is 13.4. The second kappa shape index (κ2) is 7.82. The molecule has 0 radical (unpaired) electrons. The topological polar surface area (TPSA) is 90.4 Å². The van der Waals surface area contributed by atoms with Crippen LogP contribution in [-0.2, 0) is 7.05 Å². The lowest BCUT2D eigenvalue weighted by molar-refractivity contribution is 0.0704. The van der Waals surface area contributed by atoms with Crippen molar-refractivity contribution in [1.29, 1.82) is 0 Å². The molecule has 0 atom stereocenters. The van der Waals surface area contributed by atoms with E-state index in [2.05, 4.69) is 15.3 Å². The van der Waals surface area contributed by atoms with Crippen molar-refractivity contribution < 1.29 is 9.53 Å². The minimum Gasteiger partial charge on any atom is -0.497 e. The number of hydrogen-bond donors (Lipinski definition) is 0. The number of amides is 1. The number of carbonyl (C=O) groups excluding carboxylic acids is 1. The molecule has 4 heterocycles. The average molecular weight is 417 g/mol. The van der Waals surface area contributed by atoms with Gasteiger partial charge >= 0.3 is 0 Å². The van der Waals surface area contributed by atoms with E-state index < -0.39 is 0 Å². The third kappa shape index (κ3) is 3.63. The Labute approximate surface area is 179 Å². The quantitative estimate of drug-likeness (QED) is 0.507. The van der Waals surface area contributed by atoms with E-state index in [1.54, 1.807) is 24.1 Å². The minimum atomic E-state index is -0.0231. The van der Waals surface area contributed by atoms with Gasteiger partial charge in [0.15, 0.2) is 11.5 Å². The number of carbonyl (C=O) groups is 1. The van der Waals surface area contributed by atoms with Crippen LogP contribution in [0.3, 0.4) is 0 Å². The number of benzene rings is 1. The number of hydrogen-bond acceptors (Lipinski definition) is 6. The molecule has 1 fully saturated rings. The van der Waals surface area contributed by atoms with Gasteiger partial charge in [0.2, 0.25) is 0 Å². The molecule has 0 unspecified atom stereocenters. The summed E-state index contributed by atoms with van der Waals surface area (Å²) in [5.41, 5.74) is 3.05. The van der Waals surface area contributed by atoms with Crippen LogP contribution >= 0.6 is 0 Å². The summed E-state index contributed by atoms with van der Waals surface area (Å²) in [4.78, 5) is 14.5. The molecule has 0 aliphatic carbocycles. The van der Waals surface area contributed by atoms with Crippen LogP contribution in [0.4, 0.5) is 0 Å². The molecule has 5 rings (SSSR count). The highest BCUT2D eigenvalue weighted by atomic mass is 16.5. The van der Waals surface area contributed by atoms with Crippen LogP contribution in [-0.4, -0.2) is 60.6 Å². The van der Waals surface area contributed by atoms with Gasteiger partial charge in [-0.1, -0.05) is 0 Å². The Morgan fingerprint density at radius 2 is 1.77 bits per heavy atom. The number of methoxy groups -OCH3 is 1. The van der Waals surface area contributed by atoms with Gasteiger partial charge in [0, 0.05) is 37.8 Å². The van der Waals surface area contributed by atoms with Gasteiger partial charge in [-0.15, -0.1) is 10.2 Å². The summed E-state index contributed by atoms with van der Waals surface area (Å²) >= 11 is 0. The van der Waals surface area contributed by atoms with E-state index in [1.807, 2.05) is 52.9 Å². The predicted octanol–water partition coefficient (Wildman–Crippen LogP) is 2.55. The van der Waals surface area contributed by atoms with E-state index in [1.165, 1.54) is 0 Å². The molecule has 9 heteroatoms. The number of likely N-dealkylation sites (tertiary alicyclic amines) is 1. The van der Waals surface area contributed by atoms with Crippen LogP contribution in [0, 0.1) is 0 Å². The monoisotopic (exact) mass is 417 g/mol. The van der Waals surface area contributed by atoms with Gasteiger partial charge in [-0.2, -0.15) is 14.7 Å². The van der Waals surface area contributed by atoms with Crippen molar-refractivity contribution in [3.05, 3.63) is 60.2 Å². The molecule has 0 N–H and O–H groups in total. The zero-order valence-electron chi connectivity index (χ0n) is 17.5. The third-order valence-corrected chi connectivity index (χ3v) is 5.75. The van der Waals surface area contributed by atoms with E-state index in [0.29, 0.717) is 18.8 Å². The van der Waals surface area contributed by atoms with Crippen LogP contribution < -0.4 is 4.74 Å². The van der Waals surface area contributed by atoms with Crippen LogP contribution in [0.2, 0.25) is 0 Å². The first-order valence-electron chi connectivity index (χ1n) is 10.3. The largest absolute Gasteiger partial charge is 0.497 e. The molecule has 1 aromatic carbocycles. The van der Waals surface area contributed by atoms with E-state index in [0.717, 1.165) is 41.3 Å². The van der Waals surface area contributed by atoms with Crippen molar-refractivity contribution in [1.82, 2.24) is 34.5 Å². The SMILES string of the molecule is COc1ccc(-c2ccc3nnc(C4CCN(C(=O)c5ccn(C)n5)CC4)n3n2)cc1.